The predicted octanol–water partition coefficient (Wildman–Crippen LogP) is 3.01. The fourth-order valence-electron chi connectivity index (χ4n) is 4.84. The minimum Gasteiger partial charge on any atom is -0.496 e. The predicted molar refractivity (Wildman–Crippen MR) is 121 cm³/mol. The third-order valence-electron chi connectivity index (χ3n) is 6.27. The van der Waals surface area contributed by atoms with Gasteiger partial charge >= 0.3 is 5.97 Å². The summed E-state index contributed by atoms with van der Waals surface area (Å²) >= 11 is 0. The number of para-hydroxylation sites is 1. The quantitative estimate of drug-likeness (QED) is 0.447. The highest BCUT2D eigenvalue weighted by atomic mass is 16.5. The van der Waals surface area contributed by atoms with E-state index in [2.05, 4.69) is 11.9 Å². The largest absolute Gasteiger partial charge is 0.496 e. The maximum absolute atomic E-state index is 13.3. The van der Waals surface area contributed by atoms with E-state index >= 15 is 0 Å². The molecule has 172 valence electrons. The van der Waals surface area contributed by atoms with Crippen LogP contribution in [0.1, 0.15) is 38.2 Å². The number of allylic oxidation sites excluding steroid dienone is 1. The van der Waals surface area contributed by atoms with Crippen molar-refractivity contribution in [1.82, 2.24) is 10.2 Å². The van der Waals surface area contributed by atoms with E-state index in [1.165, 1.54) is 0 Å². The van der Waals surface area contributed by atoms with Crippen LogP contribution in [0.3, 0.4) is 0 Å². The van der Waals surface area contributed by atoms with E-state index in [-0.39, 0.29) is 24.8 Å². The minimum atomic E-state index is -1.10. The van der Waals surface area contributed by atoms with Crippen molar-refractivity contribution < 1.29 is 23.9 Å². The van der Waals surface area contributed by atoms with E-state index in [9.17, 15) is 14.4 Å². The second-order valence-electron chi connectivity index (χ2n) is 8.08. The first-order valence-electron chi connectivity index (χ1n) is 11.2. The minimum absolute atomic E-state index is 0.0610. The van der Waals surface area contributed by atoms with Crippen LogP contribution in [0.2, 0.25) is 0 Å². The number of nitrogens with one attached hydrogen (secondary N) is 1. The molecule has 2 amide bonds. The molecular formula is C25H32N2O5. The molecule has 0 unspecified atom stereocenters. The number of carbonyl (C=O) groups is 3. The van der Waals surface area contributed by atoms with Crippen molar-refractivity contribution >= 4 is 17.8 Å². The van der Waals surface area contributed by atoms with Gasteiger partial charge in [0.05, 0.1) is 19.6 Å². The molecule has 7 heteroatoms. The van der Waals surface area contributed by atoms with E-state index in [4.69, 9.17) is 9.47 Å². The van der Waals surface area contributed by atoms with Gasteiger partial charge in [0.15, 0.2) is 0 Å². The molecule has 0 radical (unpaired) electrons. The summed E-state index contributed by atoms with van der Waals surface area (Å²) in [5.74, 6) is -0.902. The Hall–Kier alpha value is -3.09. The zero-order valence-corrected chi connectivity index (χ0v) is 18.9. The number of amides is 2. The number of methoxy groups -OCH3 is 1. The molecule has 1 fully saturated rings. The van der Waals surface area contributed by atoms with E-state index in [0.717, 1.165) is 24.2 Å². The summed E-state index contributed by atoms with van der Waals surface area (Å²) in [5, 5.41) is 2.90. The van der Waals surface area contributed by atoms with Crippen LogP contribution in [0.25, 0.3) is 0 Å². The lowest BCUT2D eigenvalue weighted by Crippen LogP contribution is -2.43. The summed E-state index contributed by atoms with van der Waals surface area (Å²) in [6, 6.07) is 7.65. The molecule has 0 bridgehead atoms. The van der Waals surface area contributed by atoms with Gasteiger partial charge in [0.2, 0.25) is 11.8 Å². The Morgan fingerprint density at radius 2 is 2.12 bits per heavy atom. The van der Waals surface area contributed by atoms with Gasteiger partial charge in [0.1, 0.15) is 11.2 Å². The molecule has 1 aromatic carbocycles. The number of ether oxygens (including phenoxy) is 2. The maximum Gasteiger partial charge on any atom is 0.318 e. The van der Waals surface area contributed by atoms with Crippen LogP contribution in [0.15, 0.2) is 48.7 Å². The highest BCUT2D eigenvalue weighted by Gasteiger charge is 2.61. The maximum atomic E-state index is 13.3. The van der Waals surface area contributed by atoms with Crippen molar-refractivity contribution in [3.63, 3.8) is 0 Å². The van der Waals surface area contributed by atoms with Gasteiger partial charge in [0, 0.05) is 25.2 Å². The Morgan fingerprint density at radius 1 is 1.34 bits per heavy atom. The molecule has 1 aliphatic carbocycles. The highest BCUT2D eigenvalue weighted by Crippen LogP contribution is 2.53. The van der Waals surface area contributed by atoms with Gasteiger partial charge in [-0.3, -0.25) is 14.4 Å². The first-order valence-corrected chi connectivity index (χ1v) is 11.2. The van der Waals surface area contributed by atoms with Crippen LogP contribution < -0.4 is 10.1 Å². The second kappa shape index (κ2) is 10.5. The third kappa shape index (κ3) is 4.42. The zero-order valence-electron chi connectivity index (χ0n) is 18.9. The Balaban J connectivity index is 1.76. The summed E-state index contributed by atoms with van der Waals surface area (Å²) in [5.41, 5.74) is 0.553. The lowest BCUT2D eigenvalue weighted by atomic mass is 9.68. The van der Waals surface area contributed by atoms with Gasteiger partial charge in [-0.1, -0.05) is 30.4 Å². The second-order valence-corrected chi connectivity index (χ2v) is 8.08. The van der Waals surface area contributed by atoms with Gasteiger partial charge in [-0.2, -0.15) is 0 Å². The molecule has 0 saturated carbocycles. The third-order valence-corrected chi connectivity index (χ3v) is 6.27. The van der Waals surface area contributed by atoms with Gasteiger partial charge in [-0.25, -0.2) is 0 Å². The molecule has 1 N–H and O–H groups in total. The van der Waals surface area contributed by atoms with Crippen molar-refractivity contribution in [1.29, 1.82) is 0 Å². The number of fused-ring (bicyclic) bond motifs is 1. The number of likely N-dealkylation sites (tertiary alicyclic amines) is 1. The molecule has 0 aromatic heterocycles. The molecule has 2 aliphatic rings. The van der Waals surface area contributed by atoms with E-state index < -0.39 is 17.3 Å². The summed E-state index contributed by atoms with van der Waals surface area (Å²) in [4.78, 5) is 40.9. The van der Waals surface area contributed by atoms with Crippen LogP contribution in [0.5, 0.6) is 5.75 Å². The lowest BCUT2D eigenvalue weighted by molar-refractivity contribution is -0.158. The number of benzene rings is 1. The van der Waals surface area contributed by atoms with Gasteiger partial charge in [0.25, 0.3) is 0 Å². The number of rotatable bonds is 10. The normalized spacial score (nSPS) is 22.1. The van der Waals surface area contributed by atoms with Gasteiger partial charge in [-0.15, -0.1) is 6.58 Å². The Kier molecular flexibility index (Phi) is 7.72. The molecule has 1 saturated heterocycles. The number of hydrogen-bond donors (Lipinski definition) is 1. The molecule has 1 aliphatic heterocycles. The molecular weight excluding hydrogens is 408 g/mol. The summed E-state index contributed by atoms with van der Waals surface area (Å²) in [7, 11) is 1.61. The van der Waals surface area contributed by atoms with Crippen molar-refractivity contribution in [3.05, 3.63) is 54.3 Å². The van der Waals surface area contributed by atoms with E-state index in [1.807, 2.05) is 30.3 Å². The molecule has 1 aromatic rings. The van der Waals surface area contributed by atoms with Crippen molar-refractivity contribution in [3.8, 4) is 5.75 Å². The van der Waals surface area contributed by atoms with Gasteiger partial charge < -0.3 is 19.7 Å². The highest BCUT2D eigenvalue weighted by molar-refractivity contribution is 5.99. The molecule has 32 heavy (non-hydrogen) atoms. The van der Waals surface area contributed by atoms with Crippen LogP contribution in [0, 0.1) is 11.3 Å². The molecule has 0 spiro atoms. The summed E-state index contributed by atoms with van der Waals surface area (Å²) in [6.07, 6.45) is 6.18. The topological polar surface area (TPSA) is 84.9 Å². The molecule has 3 rings (SSSR count). The van der Waals surface area contributed by atoms with Crippen LogP contribution >= 0.6 is 0 Å². The van der Waals surface area contributed by atoms with Crippen molar-refractivity contribution in [2.45, 2.75) is 39.0 Å². The number of hydrogen-bond acceptors (Lipinski definition) is 5. The molecule has 2 atom stereocenters. The lowest BCUT2D eigenvalue weighted by Gasteiger charge is -2.35. The van der Waals surface area contributed by atoms with Crippen LogP contribution in [0.4, 0.5) is 0 Å². The Morgan fingerprint density at radius 3 is 2.84 bits per heavy atom. The van der Waals surface area contributed by atoms with Crippen molar-refractivity contribution in [2.75, 3.05) is 26.8 Å². The zero-order chi connectivity index (χ0) is 23.1. The smallest absolute Gasteiger partial charge is 0.318 e. The van der Waals surface area contributed by atoms with Crippen LogP contribution in [-0.2, 0) is 25.5 Å². The Bertz CT molecular complexity index is 909. The van der Waals surface area contributed by atoms with Crippen LogP contribution in [-0.4, -0.2) is 49.5 Å². The first-order chi connectivity index (χ1) is 15.5. The monoisotopic (exact) mass is 440 g/mol. The average Bonchev–Trinajstić information content (AvgIpc) is 3.03. The molecule has 7 nitrogen and oxygen atoms in total. The fourth-order valence-corrected chi connectivity index (χ4v) is 4.84. The average molecular weight is 441 g/mol. The number of esters is 1. The van der Waals surface area contributed by atoms with Crippen molar-refractivity contribution in [2.24, 2.45) is 11.3 Å². The SMILES string of the molecule is C=CCN1C(=O)[C@H](CC(=O)NCCc2ccccc2OC)[C@@]2(C(=O)OCC)CCCC=C12. The summed E-state index contributed by atoms with van der Waals surface area (Å²) in [6.45, 7) is 6.43. The number of nitrogens with zero attached hydrogens (tertiary/aromatic N) is 1. The standard InChI is InChI=1S/C25H32N2O5/c1-4-16-27-21-12-8-9-14-25(21,24(30)32-5-2)19(23(27)29)17-22(28)26-15-13-18-10-6-7-11-20(18)31-3/h4,6-7,10-12,19H,1,5,8-9,13-17H2,2-3H3,(H,26,28)/t19-,25-/m0/s1. The van der Waals surface area contributed by atoms with E-state index in [0.29, 0.717) is 31.6 Å². The fraction of sp³-hybridized carbons (Fsp3) is 0.480. The molecule has 1 heterocycles. The van der Waals surface area contributed by atoms with E-state index in [1.54, 1.807) is 25.0 Å². The van der Waals surface area contributed by atoms with Gasteiger partial charge in [-0.05, 0) is 44.2 Å². The first kappa shape index (κ1) is 23.6. The number of carbonyl (C=O) groups excluding carboxylic acids is 3. The summed E-state index contributed by atoms with van der Waals surface area (Å²) < 4.78 is 10.8. The Labute approximate surface area is 189 Å².